The summed E-state index contributed by atoms with van der Waals surface area (Å²) in [5, 5.41) is 5.15. The van der Waals surface area contributed by atoms with Crippen LogP contribution in [-0.4, -0.2) is 29.8 Å². The Morgan fingerprint density at radius 2 is 1.83 bits per heavy atom. The highest BCUT2D eigenvalue weighted by Gasteiger charge is 2.16. The Bertz CT molecular complexity index is 999. The lowest BCUT2D eigenvalue weighted by molar-refractivity contribution is -0.119. The lowest BCUT2D eigenvalue weighted by Gasteiger charge is -2.16. The number of nitrogens with one attached hydrogen (secondary N) is 1. The number of hydrogen-bond acceptors (Lipinski definition) is 4. The number of aromatic nitrogens is 1. The zero-order valence-electron chi connectivity index (χ0n) is 17.4. The van der Waals surface area contributed by atoms with Gasteiger partial charge in [-0.2, -0.15) is 0 Å². The van der Waals surface area contributed by atoms with Gasteiger partial charge in [-0.15, -0.1) is 0 Å². The summed E-state index contributed by atoms with van der Waals surface area (Å²) in [6, 6.07) is 18.7. The van der Waals surface area contributed by atoms with E-state index < -0.39 is 0 Å². The van der Waals surface area contributed by atoms with Gasteiger partial charge >= 0.3 is 0 Å². The second kappa shape index (κ2) is 9.98. The molecule has 30 heavy (non-hydrogen) atoms. The normalized spacial score (nSPS) is 15.0. The van der Waals surface area contributed by atoms with Crippen molar-refractivity contribution in [1.82, 2.24) is 10.3 Å². The van der Waals surface area contributed by atoms with Gasteiger partial charge in [0.2, 0.25) is 5.91 Å². The monoisotopic (exact) mass is 420 g/mol. The molecule has 4 nitrogen and oxygen atoms in total. The number of carbonyl (C=O) groups is 1. The van der Waals surface area contributed by atoms with Gasteiger partial charge in [0.1, 0.15) is 5.75 Å². The number of amides is 1. The zero-order chi connectivity index (χ0) is 20.8. The number of benzene rings is 2. The smallest absolute Gasteiger partial charge is 0.230 e. The summed E-state index contributed by atoms with van der Waals surface area (Å²) in [5.74, 6) is 1.26. The van der Waals surface area contributed by atoms with Crippen molar-refractivity contribution < 1.29 is 9.53 Å². The predicted octanol–water partition coefficient (Wildman–Crippen LogP) is 5.84. The number of methoxy groups -OCH3 is 1. The molecule has 0 unspecified atom stereocenters. The third-order valence-corrected chi connectivity index (χ3v) is 6.56. The summed E-state index contributed by atoms with van der Waals surface area (Å²) >= 11 is 1.50. The molecule has 0 radical (unpaired) electrons. The van der Waals surface area contributed by atoms with Gasteiger partial charge in [-0.25, -0.2) is 4.98 Å². The third kappa shape index (κ3) is 5.14. The van der Waals surface area contributed by atoms with Crippen LogP contribution in [0.15, 0.2) is 59.6 Å². The topological polar surface area (TPSA) is 51.2 Å². The zero-order valence-corrected chi connectivity index (χ0v) is 18.2. The average Bonchev–Trinajstić information content (AvgIpc) is 3.06. The molecule has 156 valence electrons. The van der Waals surface area contributed by atoms with Crippen molar-refractivity contribution >= 4 is 28.6 Å². The largest absolute Gasteiger partial charge is 0.497 e. The highest BCUT2D eigenvalue weighted by atomic mass is 32.2. The molecule has 1 aromatic heterocycles. The lowest BCUT2D eigenvalue weighted by atomic mass is 10.0. The van der Waals surface area contributed by atoms with E-state index in [4.69, 9.17) is 9.72 Å². The SMILES string of the molecule is COc1ccc2c(-c3ccccc3)cc(SCC(=O)NC3CCCCCC3)nc2c1. The molecule has 1 heterocycles. The number of pyridine rings is 1. The molecule has 1 amide bonds. The molecule has 4 rings (SSSR count). The van der Waals surface area contributed by atoms with E-state index in [2.05, 4.69) is 29.6 Å². The van der Waals surface area contributed by atoms with Crippen molar-refractivity contribution in [3.05, 3.63) is 54.6 Å². The van der Waals surface area contributed by atoms with Crippen LogP contribution < -0.4 is 10.1 Å². The summed E-state index contributed by atoms with van der Waals surface area (Å²) in [7, 11) is 1.66. The van der Waals surface area contributed by atoms with Gasteiger partial charge in [0, 0.05) is 17.5 Å². The molecule has 0 bridgehead atoms. The quantitative estimate of drug-likeness (QED) is 0.402. The molecule has 1 aliphatic carbocycles. The summed E-state index contributed by atoms with van der Waals surface area (Å²) < 4.78 is 5.39. The fourth-order valence-electron chi connectivity index (χ4n) is 4.07. The van der Waals surface area contributed by atoms with Crippen LogP contribution >= 0.6 is 11.8 Å². The standard InChI is InChI=1S/C25H28N2O2S/c1-29-20-13-14-21-22(18-9-5-4-6-10-18)16-25(27-23(21)15-20)30-17-24(28)26-19-11-7-2-3-8-12-19/h4-6,9-10,13-16,19H,2-3,7-8,11-12,17H2,1H3,(H,26,28). The number of nitrogens with zero attached hydrogens (tertiary/aromatic N) is 1. The maximum atomic E-state index is 12.5. The maximum Gasteiger partial charge on any atom is 0.230 e. The Morgan fingerprint density at radius 3 is 2.57 bits per heavy atom. The van der Waals surface area contributed by atoms with E-state index in [0.29, 0.717) is 11.8 Å². The molecule has 0 spiro atoms. The van der Waals surface area contributed by atoms with Crippen molar-refractivity contribution in [2.24, 2.45) is 0 Å². The fraction of sp³-hybridized carbons (Fsp3) is 0.360. The summed E-state index contributed by atoms with van der Waals surface area (Å²) in [6.07, 6.45) is 7.20. The molecule has 1 fully saturated rings. The van der Waals surface area contributed by atoms with Crippen LogP contribution in [0.25, 0.3) is 22.0 Å². The summed E-state index contributed by atoms with van der Waals surface area (Å²) in [4.78, 5) is 17.3. The van der Waals surface area contributed by atoms with Gasteiger partial charge in [-0.05, 0) is 42.2 Å². The van der Waals surface area contributed by atoms with E-state index >= 15 is 0 Å². The minimum Gasteiger partial charge on any atom is -0.497 e. The van der Waals surface area contributed by atoms with E-state index in [1.54, 1.807) is 7.11 Å². The summed E-state index contributed by atoms with van der Waals surface area (Å²) in [5.41, 5.74) is 3.14. The van der Waals surface area contributed by atoms with E-state index in [-0.39, 0.29) is 5.91 Å². The Hall–Kier alpha value is -2.53. The molecule has 0 aliphatic heterocycles. The van der Waals surface area contributed by atoms with E-state index in [9.17, 15) is 4.79 Å². The number of rotatable bonds is 6. The van der Waals surface area contributed by atoms with Crippen LogP contribution in [0.3, 0.4) is 0 Å². The van der Waals surface area contributed by atoms with Crippen LogP contribution in [0.4, 0.5) is 0 Å². The van der Waals surface area contributed by atoms with Crippen LogP contribution in [0, 0.1) is 0 Å². The number of carbonyl (C=O) groups excluding carboxylic acids is 1. The Morgan fingerprint density at radius 1 is 1.07 bits per heavy atom. The highest BCUT2D eigenvalue weighted by Crippen LogP contribution is 2.33. The molecule has 3 aromatic rings. The first kappa shape index (κ1) is 20.7. The highest BCUT2D eigenvalue weighted by molar-refractivity contribution is 7.99. The molecule has 0 atom stereocenters. The van der Waals surface area contributed by atoms with E-state index in [0.717, 1.165) is 45.6 Å². The Kier molecular flexibility index (Phi) is 6.90. The molecule has 1 saturated carbocycles. The third-order valence-electron chi connectivity index (χ3n) is 5.65. The minimum absolute atomic E-state index is 0.0979. The molecule has 5 heteroatoms. The molecule has 1 aliphatic rings. The number of thioether (sulfide) groups is 1. The minimum atomic E-state index is 0.0979. The van der Waals surface area contributed by atoms with Crippen molar-refractivity contribution in [3.63, 3.8) is 0 Å². The molecule has 0 saturated heterocycles. The maximum absolute atomic E-state index is 12.5. The first-order valence-corrected chi connectivity index (χ1v) is 11.7. The number of hydrogen-bond donors (Lipinski definition) is 1. The fourth-order valence-corrected chi connectivity index (χ4v) is 4.80. The molecular weight excluding hydrogens is 392 g/mol. The second-order valence-corrected chi connectivity index (χ2v) is 8.80. The Balaban J connectivity index is 1.55. The van der Waals surface area contributed by atoms with Gasteiger partial charge in [0.05, 0.1) is 23.4 Å². The van der Waals surface area contributed by atoms with E-state index in [1.807, 2.05) is 30.3 Å². The molecule has 1 N–H and O–H groups in total. The van der Waals surface area contributed by atoms with Crippen LogP contribution in [0.1, 0.15) is 38.5 Å². The van der Waals surface area contributed by atoms with Crippen molar-refractivity contribution in [2.45, 2.75) is 49.6 Å². The second-order valence-electron chi connectivity index (χ2n) is 7.80. The van der Waals surface area contributed by atoms with Gasteiger partial charge in [-0.3, -0.25) is 4.79 Å². The molecule has 2 aromatic carbocycles. The van der Waals surface area contributed by atoms with Gasteiger partial charge < -0.3 is 10.1 Å². The number of ether oxygens (including phenoxy) is 1. The van der Waals surface area contributed by atoms with Crippen molar-refractivity contribution in [1.29, 1.82) is 0 Å². The predicted molar refractivity (Wildman–Crippen MR) is 124 cm³/mol. The first-order chi connectivity index (χ1) is 14.7. The first-order valence-electron chi connectivity index (χ1n) is 10.7. The van der Waals surface area contributed by atoms with Crippen molar-refractivity contribution in [3.8, 4) is 16.9 Å². The van der Waals surface area contributed by atoms with Gasteiger partial charge in [-0.1, -0.05) is 67.8 Å². The van der Waals surface area contributed by atoms with Crippen LogP contribution in [0.2, 0.25) is 0 Å². The molecular formula is C25H28N2O2S. The Labute approximate surface area is 182 Å². The average molecular weight is 421 g/mol. The van der Waals surface area contributed by atoms with Gasteiger partial charge in [0.25, 0.3) is 0 Å². The van der Waals surface area contributed by atoms with Crippen LogP contribution in [0.5, 0.6) is 5.75 Å². The van der Waals surface area contributed by atoms with E-state index in [1.165, 1.54) is 37.4 Å². The van der Waals surface area contributed by atoms with Crippen molar-refractivity contribution in [2.75, 3.05) is 12.9 Å². The number of fused-ring (bicyclic) bond motifs is 1. The lowest BCUT2D eigenvalue weighted by Crippen LogP contribution is -2.35. The summed E-state index contributed by atoms with van der Waals surface area (Å²) in [6.45, 7) is 0. The van der Waals surface area contributed by atoms with Gasteiger partial charge in [0.15, 0.2) is 0 Å². The van der Waals surface area contributed by atoms with Crippen LogP contribution in [-0.2, 0) is 4.79 Å².